The molecule has 7 nitrogen and oxygen atoms in total. The van der Waals surface area contributed by atoms with Gasteiger partial charge in [0, 0.05) is 24.2 Å². The van der Waals surface area contributed by atoms with Gasteiger partial charge in [-0.15, -0.1) is 0 Å². The molecule has 1 fully saturated rings. The Morgan fingerprint density at radius 1 is 1.48 bits per heavy atom. The van der Waals surface area contributed by atoms with Crippen LogP contribution in [-0.2, 0) is 4.79 Å². The van der Waals surface area contributed by atoms with Crippen molar-refractivity contribution < 1.29 is 9.59 Å². The van der Waals surface area contributed by atoms with Crippen LogP contribution in [0.3, 0.4) is 0 Å². The number of anilines is 1. The summed E-state index contributed by atoms with van der Waals surface area (Å²) >= 11 is 0. The number of fused-ring (bicyclic) bond motifs is 1. The molecular formula is C14H17N5O2. The number of carbonyl (C=O) groups excluding carboxylic acids is 2. The van der Waals surface area contributed by atoms with Crippen LogP contribution in [0.2, 0.25) is 0 Å². The van der Waals surface area contributed by atoms with Gasteiger partial charge in [0.05, 0.1) is 12.1 Å². The Kier molecular flexibility index (Phi) is 3.25. The topological polar surface area (TPSA) is 104 Å². The summed E-state index contributed by atoms with van der Waals surface area (Å²) in [5.41, 5.74) is 7.32. The van der Waals surface area contributed by atoms with Crippen LogP contribution in [0.5, 0.6) is 0 Å². The summed E-state index contributed by atoms with van der Waals surface area (Å²) in [6.07, 6.45) is 2.04. The van der Waals surface area contributed by atoms with Gasteiger partial charge in [-0.3, -0.25) is 14.7 Å². The molecule has 1 aliphatic rings. The molecule has 7 heteroatoms. The second-order valence-corrected chi connectivity index (χ2v) is 5.38. The zero-order valence-corrected chi connectivity index (χ0v) is 11.7. The molecule has 4 N–H and O–H groups in total. The molecule has 0 unspecified atom stereocenters. The normalized spacial score (nSPS) is 14.1. The largest absolute Gasteiger partial charge is 0.399 e. The third-order valence-electron chi connectivity index (χ3n) is 3.46. The van der Waals surface area contributed by atoms with Crippen molar-refractivity contribution in [1.29, 1.82) is 0 Å². The number of benzene rings is 1. The van der Waals surface area contributed by atoms with E-state index in [1.807, 2.05) is 0 Å². The molecule has 0 radical (unpaired) electrons. The number of carbonyl (C=O) groups is 2. The molecule has 1 aromatic heterocycles. The maximum Gasteiger partial charge on any atom is 0.275 e. The van der Waals surface area contributed by atoms with Crippen molar-refractivity contribution >= 4 is 28.4 Å². The zero-order chi connectivity index (χ0) is 15.0. The molecule has 0 atom stereocenters. The summed E-state index contributed by atoms with van der Waals surface area (Å²) in [5, 5.41) is 10.3. The monoisotopic (exact) mass is 287 g/mol. The fourth-order valence-corrected chi connectivity index (χ4v) is 2.16. The molecule has 1 heterocycles. The number of H-pyrrole nitrogens is 1. The quantitative estimate of drug-likeness (QED) is 0.712. The van der Waals surface area contributed by atoms with Gasteiger partial charge in [0.1, 0.15) is 0 Å². The first-order chi connectivity index (χ1) is 10.0. The predicted octanol–water partition coefficient (Wildman–Crippen LogP) is 0.496. The van der Waals surface area contributed by atoms with Gasteiger partial charge in [-0.05, 0) is 31.0 Å². The van der Waals surface area contributed by atoms with E-state index < -0.39 is 0 Å². The fourth-order valence-electron chi connectivity index (χ4n) is 2.16. The third-order valence-corrected chi connectivity index (χ3v) is 3.46. The van der Waals surface area contributed by atoms with Gasteiger partial charge in [0.2, 0.25) is 5.91 Å². The molecule has 21 heavy (non-hydrogen) atoms. The maximum atomic E-state index is 12.4. The Balaban J connectivity index is 1.75. The average Bonchev–Trinajstić information content (AvgIpc) is 3.15. The molecular weight excluding hydrogens is 270 g/mol. The minimum absolute atomic E-state index is 0.0198. The lowest BCUT2D eigenvalue weighted by Crippen LogP contribution is -2.39. The van der Waals surface area contributed by atoms with Crippen LogP contribution in [0.4, 0.5) is 5.69 Å². The molecule has 0 bridgehead atoms. The maximum absolute atomic E-state index is 12.4. The summed E-state index contributed by atoms with van der Waals surface area (Å²) < 4.78 is 0. The lowest BCUT2D eigenvalue weighted by molar-refractivity contribution is -0.121. The first-order valence-corrected chi connectivity index (χ1v) is 6.83. The molecule has 1 saturated carbocycles. The molecule has 1 aromatic carbocycles. The Bertz CT molecular complexity index is 704. The molecule has 1 aliphatic carbocycles. The van der Waals surface area contributed by atoms with Crippen LogP contribution in [0.25, 0.3) is 10.9 Å². The fraction of sp³-hybridized carbons (Fsp3) is 0.357. The second-order valence-electron chi connectivity index (χ2n) is 5.38. The number of rotatable bonds is 4. The Hall–Kier alpha value is -2.57. The van der Waals surface area contributed by atoms with Gasteiger partial charge in [-0.25, -0.2) is 0 Å². The van der Waals surface area contributed by atoms with Gasteiger partial charge in [-0.2, -0.15) is 5.10 Å². The minimum atomic E-state index is -0.308. The van der Waals surface area contributed by atoms with Crippen LogP contribution in [0, 0.1) is 0 Å². The van der Waals surface area contributed by atoms with E-state index in [0.29, 0.717) is 11.1 Å². The molecule has 0 aliphatic heterocycles. The number of hydrogen-bond acceptors (Lipinski definition) is 4. The number of nitrogens with two attached hydrogens (primary N) is 1. The van der Waals surface area contributed by atoms with E-state index in [1.54, 1.807) is 25.2 Å². The highest BCUT2D eigenvalue weighted by molar-refractivity contribution is 6.06. The first kappa shape index (κ1) is 13.4. The number of amides is 2. The Morgan fingerprint density at radius 3 is 2.95 bits per heavy atom. The summed E-state index contributed by atoms with van der Waals surface area (Å²) in [7, 11) is 1.58. The number of nitrogen functional groups attached to an aromatic ring is 1. The van der Waals surface area contributed by atoms with E-state index in [2.05, 4.69) is 15.5 Å². The highest BCUT2D eigenvalue weighted by Crippen LogP contribution is 2.20. The van der Waals surface area contributed by atoms with Crippen LogP contribution in [0.1, 0.15) is 23.3 Å². The number of aromatic nitrogens is 2. The van der Waals surface area contributed by atoms with E-state index in [-0.39, 0.29) is 30.1 Å². The van der Waals surface area contributed by atoms with Crippen molar-refractivity contribution in [1.82, 2.24) is 20.4 Å². The highest BCUT2D eigenvalue weighted by Gasteiger charge is 2.25. The van der Waals surface area contributed by atoms with E-state index in [4.69, 9.17) is 5.73 Å². The molecule has 0 spiro atoms. The second kappa shape index (κ2) is 5.08. The molecule has 2 amide bonds. The van der Waals surface area contributed by atoms with Crippen molar-refractivity contribution in [3.8, 4) is 0 Å². The number of aromatic amines is 1. The average molecular weight is 287 g/mol. The number of hydrogen-bond donors (Lipinski definition) is 3. The predicted molar refractivity (Wildman–Crippen MR) is 78.6 cm³/mol. The van der Waals surface area contributed by atoms with Crippen LogP contribution >= 0.6 is 0 Å². The summed E-state index contributed by atoms with van der Waals surface area (Å²) in [5.74, 6) is -0.453. The SMILES string of the molecule is CN(CC(=O)NC1CC1)C(=O)c1n[nH]c2ccc(N)cc12. The minimum Gasteiger partial charge on any atom is -0.399 e. The summed E-state index contributed by atoms with van der Waals surface area (Å²) in [6, 6.07) is 5.49. The van der Waals surface area contributed by atoms with E-state index in [0.717, 1.165) is 18.4 Å². The van der Waals surface area contributed by atoms with Crippen molar-refractivity contribution in [3.05, 3.63) is 23.9 Å². The standard InChI is InChI=1S/C14H17N5O2/c1-19(7-12(20)16-9-3-4-9)14(21)13-10-6-8(15)2-5-11(10)17-18-13/h2,5-6,9H,3-4,7,15H2,1H3,(H,16,20)(H,17,18). The molecule has 0 saturated heterocycles. The molecule has 2 aromatic rings. The Morgan fingerprint density at radius 2 is 2.24 bits per heavy atom. The van der Waals surface area contributed by atoms with Gasteiger partial charge in [0.25, 0.3) is 5.91 Å². The van der Waals surface area contributed by atoms with E-state index >= 15 is 0 Å². The summed E-state index contributed by atoms with van der Waals surface area (Å²) in [6.45, 7) is 0.0198. The van der Waals surface area contributed by atoms with Crippen molar-refractivity contribution in [2.45, 2.75) is 18.9 Å². The van der Waals surface area contributed by atoms with E-state index in [9.17, 15) is 9.59 Å². The zero-order valence-electron chi connectivity index (χ0n) is 11.7. The smallest absolute Gasteiger partial charge is 0.275 e. The van der Waals surface area contributed by atoms with Gasteiger partial charge < -0.3 is 16.0 Å². The third kappa shape index (κ3) is 2.81. The number of likely N-dealkylation sites (N-methyl/N-ethyl adjacent to an activating group) is 1. The molecule has 110 valence electrons. The lowest BCUT2D eigenvalue weighted by Gasteiger charge is -2.15. The summed E-state index contributed by atoms with van der Waals surface area (Å²) in [4.78, 5) is 25.5. The van der Waals surface area contributed by atoms with Crippen molar-refractivity contribution in [3.63, 3.8) is 0 Å². The number of nitrogens with zero attached hydrogens (tertiary/aromatic N) is 2. The first-order valence-electron chi connectivity index (χ1n) is 6.83. The Labute approximate surface area is 121 Å². The van der Waals surface area contributed by atoms with Crippen molar-refractivity contribution in [2.24, 2.45) is 0 Å². The lowest BCUT2D eigenvalue weighted by atomic mass is 10.2. The van der Waals surface area contributed by atoms with Gasteiger partial charge in [0.15, 0.2) is 5.69 Å². The number of nitrogens with one attached hydrogen (secondary N) is 2. The van der Waals surface area contributed by atoms with E-state index in [1.165, 1.54) is 4.90 Å². The van der Waals surface area contributed by atoms with Crippen molar-refractivity contribution in [2.75, 3.05) is 19.3 Å². The molecule has 3 rings (SSSR count). The van der Waals surface area contributed by atoms with Crippen LogP contribution in [-0.4, -0.2) is 46.5 Å². The van der Waals surface area contributed by atoms with Crippen LogP contribution in [0.15, 0.2) is 18.2 Å². The van der Waals surface area contributed by atoms with Crippen LogP contribution < -0.4 is 11.1 Å². The highest BCUT2D eigenvalue weighted by atomic mass is 16.2. The van der Waals surface area contributed by atoms with Gasteiger partial charge >= 0.3 is 0 Å². The van der Waals surface area contributed by atoms with Gasteiger partial charge in [-0.1, -0.05) is 0 Å².